The molecule has 0 saturated heterocycles. The van der Waals surface area contributed by atoms with Gasteiger partial charge in [-0.25, -0.2) is 4.98 Å². The summed E-state index contributed by atoms with van der Waals surface area (Å²) in [5.74, 6) is 0. The Morgan fingerprint density at radius 2 is 2.33 bits per heavy atom. The second-order valence-electron chi connectivity index (χ2n) is 4.49. The van der Waals surface area contributed by atoms with Crippen LogP contribution in [0.2, 0.25) is 0 Å². The lowest BCUT2D eigenvalue weighted by Crippen LogP contribution is -2.04. The average Bonchev–Trinajstić information content (AvgIpc) is 3.22. The SMILES string of the molecule is COCCn1cc(NCc2csc(-c3ccsc3)n2)cn1. The molecule has 0 bridgehead atoms. The number of nitrogens with one attached hydrogen (secondary N) is 1. The standard InChI is InChI=1S/C14H16N4OS2/c1-19-4-3-18-8-12(7-16-18)15-6-13-10-21-14(17-13)11-2-5-20-9-11/h2,5,7-10,15H,3-4,6H2,1H3. The zero-order valence-electron chi connectivity index (χ0n) is 11.7. The van der Waals surface area contributed by atoms with Gasteiger partial charge in [-0.1, -0.05) is 0 Å². The summed E-state index contributed by atoms with van der Waals surface area (Å²) in [5.41, 5.74) is 3.24. The molecule has 0 amide bonds. The minimum Gasteiger partial charge on any atom is -0.383 e. The molecule has 0 saturated carbocycles. The molecule has 110 valence electrons. The second-order valence-corrected chi connectivity index (χ2v) is 6.13. The van der Waals surface area contributed by atoms with Crippen molar-refractivity contribution < 1.29 is 4.74 Å². The number of hydrogen-bond acceptors (Lipinski definition) is 6. The third kappa shape index (κ3) is 3.69. The molecule has 0 radical (unpaired) electrons. The maximum absolute atomic E-state index is 5.03. The fourth-order valence-electron chi connectivity index (χ4n) is 1.86. The monoisotopic (exact) mass is 320 g/mol. The van der Waals surface area contributed by atoms with Crippen LogP contribution in [0.5, 0.6) is 0 Å². The number of aromatic nitrogens is 3. The van der Waals surface area contributed by atoms with E-state index in [0.717, 1.165) is 22.9 Å². The summed E-state index contributed by atoms with van der Waals surface area (Å²) in [6.45, 7) is 2.13. The van der Waals surface area contributed by atoms with Crippen LogP contribution >= 0.6 is 22.7 Å². The predicted octanol–water partition coefficient (Wildman–Crippen LogP) is 3.33. The van der Waals surface area contributed by atoms with E-state index in [4.69, 9.17) is 4.74 Å². The molecule has 21 heavy (non-hydrogen) atoms. The minimum atomic E-state index is 0.664. The minimum absolute atomic E-state index is 0.664. The summed E-state index contributed by atoms with van der Waals surface area (Å²) in [5, 5.41) is 15.0. The number of hydrogen-bond donors (Lipinski definition) is 1. The van der Waals surface area contributed by atoms with E-state index in [-0.39, 0.29) is 0 Å². The van der Waals surface area contributed by atoms with E-state index in [9.17, 15) is 0 Å². The predicted molar refractivity (Wildman–Crippen MR) is 86.9 cm³/mol. The first-order valence-electron chi connectivity index (χ1n) is 6.57. The summed E-state index contributed by atoms with van der Waals surface area (Å²) in [7, 11) is 1.69. The first-order valence-corrected chi connectivity index (χ1v) is 8.39. The maximum atomic E-state index is 5.03. The van der Waals surface area contributed by atoms with Crippen LogP contribution in [0.25, 0.3) is 10.6 Å². The lowest BCUT2D eigenvalue weighted by Gasteiger charge is -2.00. The highest BCUT2D eigenvalue weighted by Gasteiger charge is 2.05. The highest BCUT2D eigenvalue weighted by atomic mass is 32.1. The number of ether oxygens (including phenoxy) is 1. The van der Waals surface area contributed by atoms with Crippen LogP contribution < -0.4 is 5.32 Å². The van der Waals surface area contributed by atoms with Crippen LogP contribution in [0.4, 0.5) is 5.69 Å². The average molecular weight is 320 g/mol. The van der Waals surface area contributed by atoms with Gasteiger partial charge in [-0.15, -0.1) is 11.3 Å². The van der Waals surface area contributed by atoms with E-state index in [2.05, 4.69) is 37.6 Å². The first-order chi connectivity index (χ1) is 10.3. The zero-order chi connectivity index (χ0) is 14.5. The van der Waals surface area contributed by atoms with E-state index < -0.39 is 0 Å². The molecule has 3 aromatic heterocycles. The third-order valence-corrected chi connectivity index (χ3v) is 4.57. The third-order valence-electron chi connectivity index (χ3n) is 2.95. The van der Waals surface area contributed by atoms with Gasteiger partial charge in [-0.2, -0.15) is 16.4 Å². The molecular formula is C14H16N4OS2. The van der Waals surface area contributed by atoms with Gasteiger partial charge in [0.1, 0.15) is 5.01 Å². The normalized spacial score (nSPS) is 10.9. The Kier molecular flexibility index (Phi) is 4.64. The number of rotatable bonds is 7. The van der Waals surface area contributed by atoms with Crippen molar-refractivity contribution in [2.75, 3.05) is 19.0 Å². The fraction of sp³-hybridized carbons (Fsp3) is 0.286. The molecule has 0 aromatic carbocycles. The van der Waals surface area contributed by atoms with Gasteiger partial charge in [0.25, 0.3) is 0 Å². The number of thiophene rings is 1. The maximum Gasteiger partial charge on any atom is 0.124 e. The van der Waals surface area contributed by atoms with E-state index >= 15 is 0 Å². The molecule has 3 rings (SSSR count). The van der Waals surface area contributed by atoms with Gasteiger partial charge >= 0.3 is 0 Å². The van der Waals surface area contributed by atoms with Crippen LogP contribution in [0, 0.1) is 0 Å². The van der Waals surface area contributed by atoms with E-state index in [1.54, 1.807) is 29.8 Å². The van der Waals surface area contributed by atoms with E-state index in [0.29, 0.717) is 13.2 Å². The van der Waals surface area contributed by atoms with Gasteiger partial charge in [0.05, 0.1) is 37.3 Å². The van der Waals surface area contributed by atoms with Gasteiger partial charge in [-0.05, 0) is 11.4 Å². The van der Waals surface area contributed by atoms with Gasteiger partial charge in [0, 0.05) is 29.6 Å². The molecule has 3 heterocycles. The molecule has 0 atom stereocenters. The molecule has 1 N–H and O–H groups in total. The lowest BCUT2D eigenvalue weighted by molar-refractivity contribution is 0.183. The second kappa shape index (κ2) is 6.84. The Labute approximate surface area is 131 Å². The van der Waals surface area contributed by atoms with Crippen LogP contribution in [-0.4, -0.2) is 28.5 Å². The Balaban J connectivity index is 1.56. The fourth-order valence-corrected chi connectivity index (χ4v) is 3.39. The number of methoxy groups -OCH3 is 1. The summed E-state index contributed by atoms with van der Waals surface area (Å²) in [6, 6.07) is 2.10. The molecule has 0 fully saturated rings. The lowest BCUT2D eigenvalue weighted by atomic mass is 10.3. The molecule has 3 aromatic rings. The summed E-state index contributed by atoms with van der Waals surface area (Å²) in [6.07, 6.45) is 3.80. The van der Waals surface area contributed by atoms with E-state index in [1.807, 2.05) is 17.1 Å². The van der Waals surface area contributed by atoms with Gasteiger partial charge in [0.15, 0.2) is 0 Å². The van der Waals surface area contributed by atoms with Crippen molar-refractivity contribution in [1.82, 2.24) is 14.8 Å². The highest BCUT2D eigenvalue weighted by molar-refractivity contribution is 7.14. The highest BCUT2D eigenvalue weighted by Crippen LogP contribution is 2.25. The molecule has 0 spiro atoms. The van der Waals surface area contributed by atoms with Crippen molar-refractivity contribution >= 4 is 28.4 Å². The summed E-state index contributed by atoms with van der Waals surface area (Å²) in [4.78, 5) is 4.64. The van der Waals surface area contributed by atoms with Crippen molar-refractivity contribution in [1.29, 1.82) is 0 Å². The van der Waals surface area contributed by atoms with Crippen LogP contribution in [0.1, 0.15) is 5.69 Å². The van der Waals surface area contributed by atoms with Gasteiger partial charge in [0.2, 0.25) is 0 Å². The quantitative estimate of drug-likeness (QED) is 0.725. The molecular weight excluding hydrogens is 304 g/mol. The van der Waals surface area contributed by atoms with Crippen molar-refractivity contribution in [2.24, 2.45) is 0 Å². The number of thiazole rings is 1. The van der Waals surface area contributed by atoms with Crippen molar-refractivity contribution in [3.05, 3.63) is 40.3 Å². The van der Waals surface area contributed by atoms with Crippen LogP contribution in [0.3, 0.4) is 0 Å². The number of anilines is 1. The number of nitrogens with zero attached hydrogens (tertiary/aromatic N) is 3. The smallest absolute Gasteiger partial charge is 0.124 e. The Morgan fingerprint density at radius 1 is 1.38 bits per heavy atom. The van der Waals surface area contributed by atoms with Gasteiger partial charge in [-0.3, -0.25) is 4.68 Å². The van der Waals surface area contributed by atoms with Crippen LogP contribution in [-0.2, 0) is 17.8 Å². The van der Waals surface area contributed by atoms with Crippen molar-refractivity contribution in [2.45, 2.75) is 13.1 Å². The van der Waals surface area contributed by atoms with Crippen molar-refractivity contribution in [3.63, 3.8) is 0 Å². The molecule has 7 heteroatoms. The van der Waals surface area contributed by atoms with Crippen LogP contribution in [0.15, 0.2) is 34.6 Å². The molecule has 0 aliphatic carbocycles. The topological polar surface area (TPSA) is 52.0 Å². The zero-order valence-corrected chi connectivity index (χ0v) is 13.3. The van der Waals surface area contributed by atoms with Gasteiger partial charge < -0.3 is 10.1 Å². The molecule has 0 aliphatic heterocycles. The van der Waals surface area contributed by atoms with Crippen molar-refractivity contribution in [3.8, 4) is 10.6 Å². The van der Waals surface area contributed by atoms with E-state index in [1.165, 1.54) is 5.56 Å². The molecule has 0 unspecified atom stereocenters. The summed E-state index contributed by atoms with van der Waals surface area (Å²) >= 11 is 3.37. The Hall–Kier alpha value is -1.70. The Bertz CT molecular complexity index is 675. The molecule has 0 aliphatic rings. The Morgan fingerprint density at radius 3 is 3.14 bits per heavy atom. The first kappa shape index (κ1) is 14.2. The largest absolute Gasteiger partial charge is 0.383 e. The summed E-state index contributed by atoms with van der Waals surface area (Å²) < 4.78 is 6.90. The molecule has 5 nitrogen and oxygen atoms in total.